The summed E-state index contributed by atoms with van der Waals surface area (Å²) in [5, 5.41) is 8.57. The predicted octanol–water partition coefficient (Wildman–Crippen LogP) is 2.78. The van der Waals surface area contributed by atoms with Crippen LogP contribution in [0.25, 0.3) is 0 Å². The lowest BCUT2D eigenvalue weighted by atomic mass is 10.1. The van der Waals surface area contributed by atoms with Crippen LogP contribution >= 0.6 is 0 Å². The van der Waals surface area contributed by atoms with Crippen LogP contribution in [0.5, 0.6) is 0 Å². The second-order valence-electron chi connectivity index (χ2n) is 5.31. The number of benzene rings is 1. The number of aliphatic carboxylic acids is 1. The summed E-state index contributed by atoms with van der Waals surface area (Å²) in [6.07, 6.45) is 6.88. The zero-order valence-corrected chi connectivity index (χ0v) is 11.7. The van der Waals surface area contributed by atoms with Crippen molar-refractivity contribution < 1.29 is 14.7 Å². The van der Waals surface area contributed by atoms with Gasteiger partial charge in [0.2, 0.25) is 6.41 Å². The van der Waals surface area contributed by atoms with Crippen LogP contribution < -0.4 is 4.90 Å². The van der Waals surface area contributed by atoms with E-state index in [0.717, 1.165) is 37.8 Å². The number of carboxylic acid groups (broad SMARTS) is 1. The molecule has 1 amide bonds. The van der Waals surface area contributed by atoms with Crippen molar-refractivity contribution in [3.8, 4) is 0 Å². The lowest BCUT2D eigenvalue weighted by Gasteiger charge is -2.18. The average molecular weight is 275 g/mol. The van der Waals surface area contributed by atoms with Gasteiger partial charge in [-0.15, -0.1) is 0 Å². The van der Waals surface area contributed by atoms with Crippen LogP contribution in [0.2, 0.25) is 0 Å². The molecule has 0 radical (unpaired) electrons. The summed E-state index contributed by atoms with van der Waals surface area (Å²) in [5.41, 5.74) is 3.72. The van der Waals surface area contributed by atoms with Crippen molar-refractivity contribution in [3.05, 3.63) is 29.3 Å². The maximum absolute atomic E-state index is 11.2. The fourth-order valence-corrected chi connectivity index (χ4v) is 2.71. The molecule has 1 aromatic rings. The van der Waals surface area contributed by atoms with Gasteiger partial charge < -0.3 is 10.0 Å². The number of rotatable bonds is 8. The van der Waals surface area contributed by atoms with Crippen molar-refractivity contribution in [3.63, 3.8) is 0 Å². The van der Waals surface area contributed by atoms with Crippen LogP contribution in [0.3, 0.4) is 0 Å². The molecule has 0 heterocycles. The molecule has 20 heavy (non-hydrogen) atoms. The van der Waals surface area contributed by atoms with Crippen molar-refractivity contribution in [2.45, 2.75) is 44.9 Å². The number of aryl methyl sites for hydroxylation is 2. The molecule has 1 aromatic carbocycles. The lowest BCUT2D eigenvalue weighted by Crippen LogP contribution is -2.22. The molecule has 1 aliphatic rings. The fraction of sp³-hybridized carbons (Fsp3) is 0.500. The van der Waals surface area contributed by atoms with Crippen molar-refractivity contribution in [2.75, 3.05) is 11.4 Å². The van der Waals surface area contributed by atoms with Gasteiger partial charge in [-0.3, -0.25) is 9.59 Å². The minimum absolute atomic E-state index is 0.208. The van der Waals surface area contributed by atoms with Gasteiger partial charge in [0.25, 0.3) is 0 Å². The Morgan fingerprint density at radius 3 is 2.75 bits per heavy atom. The Kier molecular flexibility index (Phi) is 5.16. The molecule has 0 saturated heterocycles. The van der Waals surface area contributed by atoms with Crippen LogP contribution in [0, 0.1) is 0 Å². The maximum Gasteiger partial charge on any atom is 0.303 e. The van der Waals surface area contributed by atoms with E-state index in [4.69, 9.17) is 5.11 Å². The first kappa shape index (κ1) is 14.6. The summed E-state index contributed by atoms with van der Waals surface area (Å²) in [6.45, 7) is 0.655. The first-order chi connectivity index (χ1) is 9.70. The van der Waals surface area contributed by atoms with Crippen molar-refractivity contribution in [2.24, 2.45) is 0 Å². The minimum atomic E-state index is -0.754. The highest BCUT2D eigenvalue weighted by Crippen LogP contribution is 2.26. The van der Waals surface area contributed by atoms with Gasteiger partial charge in [0.15, 0.2) is 0 Å². The number of carbonyl (C=O) groups is 2. The number of amides is 1. The predicted molar refractivity (Wildman–Crippen MR) is 78.0 cm³/mol. The molecule has 0 aliphatic heterocycles. The Morgan fingerprint density at radius 2 is 2.00 bits per heavy atom. The molecule has 2 rings (SSSR count). The molecule has 1 aliphatic carbocycles. The molecule has 0 aromatic heterocycles. The highest BCUT2D eigenvalue weighted by Gasteiger charge is 2.13. The van der Waals surface area contributed by atoms with Crippen molar-refractivity contribution in [1.29, 1.82) is 0 Å². The maximum atomic E-state index is 11.2. The number of nitrogens with zero attached hydrogens (tertiary/aromatic N) is 1. The number of carbonyl (C=O) groups excluding carboxylic acids is 1. The van der Waals surface area contributed by atoms with E-state index in [1.165, 1.54) is 17.5 Å². The van der Waals surface area contributed by atoms with Crippen LogP contribution in [0.15, 0.2) is 18.2 Å². The summed E-state index contributed by atoms with van der Waals surface area (Å²) < 4.78 is 0. The number of hydrogen-bond donors (Lipinski definition) is 1. The fourth-order valence-electron chi connectivity index (χ4n) is 2.71. The standard InChI is InChI=1S/C16H21NO3/c18-12-17(10-3-1-2-7-16(19)20)15-9-8-13-5-4-6-14(13)11-15/h8-9,11-12H,1-7,10H2,(H,19,20). The molecule has 0 saturated carbocycles. The van der Waals surface area contributed by atoms with E-state index in [1.54, 1.807) is 4.90 Å². The molecule has 108 valence electrons. The van der Waals surface area contributed by atoms with Gasteiger partial charge in [-0.25, -0.2) is 0 Å². The summed E-state index contributed by atoms with van der Waals surface area (Å²) >= 11 is 0. The van der Waals surface area contributed by atoms with Crippen molar-refractivity contribution >= 4 is 18.1 Å². The molecular formula is C16H21NO3. The van der Waals surface area contributed by atoms with E-state index in [-0.39, 0.29) is 6.42 Å². The normalized spacial score (nSPS) is 13.0. The van der Waals surface area contributed by atoms with Gasteiger partial charge in [-0.2, -0.15) is 0 Å². The highest BCUT2D eigenvalue weighted by molar-refractivity contribution is 5.75. The second-order valence-corrected chi connectivity index (χ2v) is 5.31. The van der Waals surface area contributed by atoms with Crippen LogP contribution in [0.4, 0.5) is 5.69 Å². The van der Waals surface area contributed by atoms with Crippen LogP contribution in [0.1, 0.15) is 43.2 Å². The first-order valence-electron chi connectivity index (χ1n) is 7.26. The summed E-state index contributed by atoms with van der Waals surface area (Å²) in [4.78, 5) is 23.3. The Balaban J connectivity index is 1.85. The number of carboxylic acids is 1. The number of fused-ring (bicyclic) bond motifs is 1. The summed E-state index contributed by atoms with van der Waals surface area (Å²) in [5.74, 6) is -0.754. The molecule has 0 atom stereocenters. The van der Waals surface area contributed by atoms with Gasteiger partial charge >= 0.3 is 5.97 Å². The van der Waals surface area contributed by atoms with E-state index < -0.39 is 5.97 Å². The van der Waals surface area contributed by atoms with E-state index in [1.807, 2.05) is 6.07 Å². The summed E-state index contributed by atoms with van der Waals surface area (Å²) in [6, 6.07) is 6.25. The Morgan fingerprint density at radius 1 is 1.20 bits per heavy atom. The Hall–Kier alpha value is -1.84. The van der Waals surface area contributed by atoms with Gasteiger partial charge in [-0.05, 0) is 55.4 Å². The van der Waals surface area contributed by atoms with E-state index >= 15 is 0 Å². The lowest BCUT2D eigenvalue weighted by molar-refractivity contribution is -0.137. The molecular weight excluding hydrogens is 254 g/mol. The van der Waals surface area contributed by atoms with Gasteiger partial charge in [-0.1, -0.05) is 12.5 Å². The molecule has 1 N–H and O–H groups in total. The number of anilines is 1. The molecule has 0 spiro atoms. The zero-order chi connectivity index (χ0) is 14.4. The van der Waals surface area contributed by atoms with Gasteiger partial charge in [0.05, 0.1) is 0 Å². The molecule has 0 fully saturated rings. The van der Waals surface area contributed by atoms with E-state index in [9.17, 15) is 9.59 Å². The van der Waals surface area contributed by atoms with E-state index in [2.05, 4.69) is 12.1 Å². The Bertz CT molecular complexity index is 485. The van der Waals surface area contributed by atoms with Crippen LogP contribution in [-0.4, -0.2) is 24.0 Å². The average Bonchev–Trinajstić information content (AvgIpc) is 2.89. The van der Waals surface area contributed by atoms with Gasteiger partial charge in [0, 0.05) is 18.7 Å². The van der Waals surface area contributed by atoms with E-state index in [0.29, 0.717) is 13.0 Å². The molecule has 4 nitrogen and oxygen atoms in total. The second kappa shape index (κ2) is 7.08. The number of hydrogen-bond acceptors (Lipinski definition) is 2. The largest absolute Gasteiger partial charge is 0.481 e. The topological polar surface area (TPSA) is 57.6 Å². The molecule has 4 heteroatoms. The van der Waals surface area contributed by atoms with Crippen molar-refractivity contribution in [1.82, 2.24) is 0 Å². The SMILES string of the molecule is O=CN(CCCCCC(=O)O)c1ccc2c(c1)CCC2. The third-order valence-electron chi connectivity index (χ3n) is 3.83. The number of unbranched alkanes of at least 4 members (excludes halogenated alkanes) is 2. The smallest absolute Gasteiger partial charge is 0.303 e. The quantitative estimate of drug-likeness (QED) is 0.586. The zero-order valence-electron chi connectivity index (χ0n) is 11.7. The molecule has 0 unspecified atom stereocenters. The molecule has 0 bridgehead atoms. The van der Waals surface area contributed by atoms with Gasteiger partial charge in [0.1, 0.15) is 0 Å². The third kappa shape index (κ3) is 3.83. The highest BCUT2D eigenvalue weighted by atomic mass is 16.4. The first-order valence-corrected chi connectivity index (χ1v) is 7.26. The minimum Gasteiger partial charge on any atom is -0.481 e. The summed E-state index contributed by atoms with van der Waals surface area (Å²) in [7, 11) is 0. The third-order valence-corrected chi connectivity index (χ3v) is 3.83. The monoisotopic (exact) mass is 275 g/mol. The Labute approximate surface area is 119 Å². The van der Waals surface area contributed by atoms with Crippen LogP contribution in [-0.2, 0) is 22.4 Å².